The Morgan fingerprint density at radius 1 is 0.805 bits per heavy atom. The van der Waals surface area contributed by atoms with Gasteiger partial charge in [-0.05, 0) is 30.4 Å². The van der Waals surface area contributed by atoms with Gasteiger partial charge in [-0.25, -0.2) is 0 Å². The molecule has 2 aromatic rings. The average molecular weight is 566 g/mol. The van der Waals surface area contributed by atoms with E-state index in [9.17, 15) is 19.2 Å². The monoisotopic (exact) mass is 565 g/mol. The van der Waals surface area contributed by atoms with Gasteiger partial charge < -0.3 is 38.1 Å². The molecule has 41 heavy (non-hydrogen) atoms. The first kappa shape index (κ1) is 32.3. The number of nitrogens with zero attached hydrogens (tertiary/aromatic N) is 1. The van der Waals surface area contributed by atoms with E-state index in [1.165, 1.54) is 19.0 Å². The van der Waals surface area contributed by atoms with Crippen LogP contribution in [-0.4, -0.2) is 73.0 Å². The molecule has 4 amide bonds. The van der Waals surface area contributed by atoms with Crippen LogP contribution in [0.5, 0.6) is 0 Å². The van der Waals surface area contributed by atoms with Gasteiger partial charge in [0.25, 0.3) is 0 Å². The summed E-state index contributed by atoms with van der Waals surface area (Å²) in [4.78, 5) is 53.4. The van der Waals surface area contributed by atoms with Gasteiger partial charge in [0, 0.05) is 32.6 Å². The molecule has 0 aliphatic rings. The van der Waals surface area contributed by atoms with Crippen LogP contribution < -0.4 is 33.2 Å². The smallest absolute Gasteiger partial charge is 0.243 e. The van der Waals surface area contributed by atoms with Crippen molar-refractivity contribution in [3.8, 4) is 0 Å². The lowest BCUT2D eigenvalue weighted by Crippen LogP contribution is -2.55. The Morgan fingerprint density at radius 3 is 1.93 bits per heavy atom. The Labute approximate surface area is 239 Å². The zero-order chi connectivity index (χ0) is 30.5. The Kier molecular flexibility index (Phi) is 12.3. The predicted molar refractivity (Wildman–Crippen MR) is 156 cm³/mol. The van der Waals surface area contributed by atoms with E-state index in [2.05, 4.69) is 16.0 Å². The Morgan fingerprint density at radius 2 is 1.39 bits per heavy atom. The Bertz CT molecular complexity index is 1230. The van der Waals surface area contributed by atoms with Gasteiger partial charge in [0.05, 0.1) is 0 Å². The topological polar surface area (TPSA) is 233 Å². The molecule has 13 heteroatoms. The van der Waals surface area contributed by atoms with E-state index in [0.717, 1.165) is 5.56 Å². The number of nitrogen functional groups attached to an aromatic ring is 1. The zero-order valence-electron chi connectivity index (χ0n) is 23.3. The van der Waals surface area contributed by atoms with Gasteiger partial charge in [-0.1, -0.05) is 54.6 Å². The number of hydrogen-bond acceptors (Lipinski definition) is 6. The lowest BCUT2D eigenvalue weighted by molar-refractivity contribution is -0.142. The second-order valence-corrected chi connectivity index (χ2v) is 9.80. The fourth-order valence-electron chi connectivity index (χ4n) is 4.08. The number of guanidine groups is 1. The van der Waals surface area contributed by atoms with Crippen LogP contribution in [0.2, 0.25) is 0 Å². The van der Waals surface area contributed by atoms with Crippen LogP contribution in [0.4, 0.5) is 0 Å². The lowest BCUT2D eigenvalue weighted by Gasteiger charge is -2.25. The van der Waals surface area contributed by atoms with Gasteiger partial charge in [0.15, 0.2) is 5.96 Å². The van der Waals surface area contributed by atoms with Crippen molar-refractivity contribution in [1.29, 1.82) is 10.8 Å². The molecule has 0 saturated carbocycles. The number of benzene rings is 2. The standard InChI is InChI=1S/C28H39N9O4/c1-37(2)27(41)20(15-18-10-12-19(13-11-18)23(29)30)25(39)36-22(16-17-7-4-3-5-8-17)26(40)35-21(24(31)38)9-6-14-34-28(32)33/h3-5,7-8,10-13,20-22H,6,9,14-16H2,1-2H3,(H3,29,30)(H2,31,38)(H,35,40)(H,36,39)(H4,32,33,34)/t20?,21-,22-/m0/s1. The van der Waals surface area contributed by atoms with Crippen LogP contribution in [0.1, 0.15) is 29.5 Å². The first-order valence-corrected chi connectivity index (χ1v) is 13.1. The summed E-state index contributed by atoms with van der Waals surface area (Å²) in [5, 5.41) is 22.7. The molecule has 0 bridgehead atoms. The highest BCUT2D eigenvalue weighted by Gasteiger charge is 2.33. The third kappa shape index (κ3) is 10.6. The summed E-state index contributed by atoms with van der Waals surface area (Å²) in [7, 11) is 3.07. The number of nitrogens with two attached hydrogens (primary N) is 3. The van der Waals surface area contributed by atoms with Crippen LogP contribution in [0.3, 0.4) is 0 Å². The second kappa shape index (κ2) is 15.6. The molecule has 0 fully saturated rings. The van der Waals surface area contributed by atoms with Crippen molar-refractivity contribution in [1.82, 2.24) is 20.9 Å². The van der Waals surface area contributed by atoms with E-state index in [4.69, 9.17) is 28.0 Å². The van der Waals surface area contributed by atoms with Gasteiger partial charge in [-0.15, -0.1) is 0 Å². The molecule has 0 aliphatic heterocycles. The van der Waals surface area contributed by atoms with E-state index in [1.807, 2.05) is 6.07 Å². The van der Waals surface area contributed by atoms with Crippen LogP contribution in [0.15, 0.2) is 54.6 Å². The molecule has 3 atom stereocenters. The molecule has 0 radical (unpaired) electrons. The molecule has 1 unspecified atom stereocenters. The summed E-state index contributed by atoms with van der Waals surface area (Å²) in [5.41, 5.74) is 18.2. The number of carbonyl (C=O) groups is 4. The van der Waals surface area contributed by atoms with Crippen molar-refractivity contribution in [2.24, 2.45) is 23.1 Å². The van der Waals surface area contributed by atoms with Gasteiger partial charge >= 0.3 is 0 Å². The summed E-state index contributed by atoms with van der Waals surface area (Å²) in [6.45, 7) is 0.306. The summed E-state index contributed by atoms with van der Waals surface area (Å²) in [5.74, 6) is -3.96. The molecule has 2 rings (SSSR count). The van der Waals surface area contributed by atoms with Gasteiger partial charge in [0.2, 0.25) is 23.6 Å². The normalized spacial score (nSPS) is 12.7. The minimum Gasteiger partial charge on any atom is -0.384 e. The van der Waals surface area contributed by atoms with Crippen LogP contribution >= 0.6 is 0 Å². The number of nitrogens with one attached hydrogen (secondary N) is 5. The summed E-state index contributed by atoms with van der Waals surface area (Å²) in [6, 6.07) is 13.5. The van der Waals surface area contributed by atoms with E-state index in [0.29, 0.717) is 24.1 Å². The first-order valence-electron chi connectivity index (χ1n) is 13.1. The molecular weight excluding hydrogens is 526 g/mol. The van der Waals surface area contributed by atoms with Gasteiger partial charge in [0.1, 0.15) is 23.8 Å². The van der Waals surface area contributed by atoms with Crippen LogP contribution in [0, 0.1) is 16.7 Å². The molecule has 0 saturated heterocycles. The number of rotatable bonds is 15. The molecule has 11 N–H and O–H groups in total. The minimum absolute atomic E-state index is 0.0494. The molecule has 13 nitrogen and oxygen atoms in total. The lowest BCUT2D eigenvalue weighted by atomic mass is 9.95. The van der Waals surface area contributed by atoms with Crippen molar-refractivity contribution in [3.63, 3.8) is 0 Å². The Hall–Kier alpha value is -4.94. The summed E-state index contributed by atoms with van der Waals surface area (Å²) >= 11 is 0. The zero-order valence-corrected chi connectivity index (χ0v) is 23.3. The van der Waals surface area contributed by atoms with Crippen molar-refractivity contribution in [3.05, 3.63) is 71.3 Å². The third-order valence-corrected chi connectivity index (χ3v) is 6.32. The highest BCUT2D eigenvalue weighted by Crippen LogP contribution is 2.14. The quantitative estimate of drug-likeness (QED) is 0.0590. The van der Waals surface area contributed by atoms with Crippen molar-refractivity contribution in [2.45, 2.75) is 37.8 Å². The van der Waals surface area contributed by atoms with E-state index < -0.39 is 41.6 Å². The second-order valence-electron chi connectivity index (χ2n) is 9.80. The third-order valence-electron chi connectivity index (χ3n) is 6.32. The molecular formula is C28H39N9O4. The number of hydrogen-bond donors (Lipinski definition) is 8. The van der Waals surface area contributed by atoms with Crippen molar-refractivity contribution < 1.29 is 19.2 Å². The maximum atomic E-state index is 13.5. The fraction of sp³-hybridized carbons (Fsp3) is 0.357. The Balaban J connectivity index is 2.27. The van der Waals surface area contributed by atoms with Gasteiger partial charge in [-0.2, -0.15) is 0 Å². The highest BCUT2D eigenvalue weighted by molar-refractivity contribution is 6.02. The molecule has 0 spiro atoms. The molecule has 0 heterocycles. The van der Waals surface area contributed by atoms with E-state index >= 15 is 0 Å². The summed E-state index contributed by atoms with van der Waals surface area (Å²) < 4.78 is 0. The SMILES string of the molecule is CN(C)C(=O)C(Cc1ccc(C(=N)N)cc1)C(=O)N[C@@H](Cc1ccccc1)C(=O)N[C@@H](CCCNC(=N)N)C(N)=O. The summed E-state index contributed by atoms with van der Waals surface area (Å²) in [6.07, 6.45) is 0.732. The van der Waals surface area contributed by atoms with Gasteiger partial charge in [-0.3, -0.25) is 30.0 Å². The molecule has 2 aromatic carbocycles. The molecule has 0 aliphatic carbocycles. The fourth-order valence-corrected chi connectivity index (χ4v) is 4.08. The first-order chi connectivity index (χ1) is 19.4. The van der Waals surface area contributed by atoms with Crippen molar-refractivity contribution >= 4 is 35.4 Å². The van der Waals surface area contributed by atoms with E-state index in [-0.39, 0.29) is 31.1 Å². The maximum Gasteiger partial charge on any atom is 0.243 e. The van der Waals surface area contributed by atoms with Crippen molar-refractivity contribution in [2.75, 3.05) is 20.6 Å². The van der Waals surface area contributed by atoms with E-state index in [1.54, 1.807) is 48.5 Å². The number of amidine groups is 1. The largest absolute Gasteiger partial charge is 0.384 e. The average Bonchev–Trinajstić information content (AvgIpc) is 2.92. The number of carbonyl (C=O) groups excluding carboxylic acids is 4. The van der Waals surface area contributed by atoms with Crippen LogP contribution in [0.25, 0.3) is 0 Å². The molecule has 0 aromatic heterocycles. The molecule has 220 valence electrons. The number of amides is 4. The predicted octanol–water partition coefficient (Wildman–Crippen LogP) is -0.822. The minimum atomic E-state index is -1.15. The maximum absolute atomic E-state index is 13.5. The number of primary amides is 1. The highest BCUT2D eigenvalue weighted by atomic mass is 16.2. The van der Waals surface area contributed by atoms with Crippen LogP contribution in [-0.2, 0) is 32.0 Å².